The Balaban J connectivity index is 1.35. The molecule has 134 valence electrons. The molecule has 0 spiro atoms. The fourth-order valence-corrected chi connectivity index (χ4v) is 2.98. The van der Waals surface area contributed by atoms with Gasteiger partial charge in [-0.3, -0.25) is 24.9 Å². The van der Waals surface area contributed by atoms with Crippen LogP contribution < -0.4 is 15.5 Å². The van der Waals surface area contributed by atoms with Gasteiger partial charge in [-0.1, -0.05) is 12.1 Å². The lowest BCUT2D eigenvalue weighted by molar-refractivity contribution is -0.120. The second-order valence-corrected chi connectivity index (χ2v) is 6.63. The number of H-pyrrole nitrogens is 1. The largest absolute Gasteiger partial charge is 0.328 e. The number of carbonyl (C=O) groups excluding carboxylic acids is 3. The maximum atomic E-state index is 12.2. The van der Waals surface area contributed by atoms with Crippen LogP contribution in [-0.2, 0) is 16.0 Å². The molecule has 1 saturated heterocycles. The first-order chi connectivity index (χ1) is 12.6. The highest BCUT2D eigenvalue weighted by Gasteiger charge is 2.26. The molecule has 0 unspecified atom stereocenters. The Kier molecular flexibility index (Phi) is 4.16. The minimum Gasteiger partial charge on any atom is -0.309 e. The Hall–Kier alpha value is -3.16. The van der Waals surface area contributed by atoms with Gasteiger partial charge in [0, 0.05) is 36.3 Å². The standard InChI is InChI=1S/C18H19N5O3/c24-16-7-8-23(18(26)20-16)13-5-1-11(2-6-13)9-17(25)19-15-10-14(21-22-15)12-3-4-12/h1-2,5-6,10,12H,3-4,7-9H2,(H,20,24,26)(H2,19,21,22,25). The molecular weight excluding hydrogens is 334 g/mol. The van der Waals surface area contributed by atoms with E-state index in [1.165, 1.54) is 17.7 Å². The first kappa shape index (κ1) is 16.3. The fraction of sp³-hybridized carbons (Fsp3) is 0.333. The summed E-state index contributed by atoms with van der Waals surface area (Å²) in [4.78, 5) is 36.7. The summed E-state index contributed by atoms with van der Waals surface area (Å²) in [5.74, 6) is 0.696. The maximum Gasteiger partial charge on any atom is 0.328 e. The molecule has 1 saturated carbocycles. The Labute approximate surface area is 150 Å². The van der Waals surface area contributed by atoms with Gasteiger partial charge in [-0.15, -0.1) is 0 Å². The van der Waals surface area contributed by atoms with Gasteiger partial charge in [0.25, 0.3) is 0 Å². The van der Waals surface area contributed by atoms with Crippen LogP contribution in [0.4, 0.5) is 16.3 Å². The van der Waals surface area contributed by atoms with Gasteiger partial charge in [0.05, 0.1) is 6.42 Å². The van der Waals surface area contributed by atoms with Crippen molar-refractivity contribution in [3.05, 3.63) is 41.6 Å². The van der Waals surface area contributed by atoms with E-state index in [2.05, 4.69) is 20.8 Å². The molecule has 1 aliphatic carbocycles. The van der Waals surface area contributed by atoms with Gasteiger partial charge in [-0.25, -0.2) is 4.79 Å². The quantitative estimate of drug-likeness (QED) is 0.763. The Bertz CT molecular complexity index is 854. The number of aromatic nitrogens is 2. The smallest absolute Gasteiger partial charge is 0.309 e. The zero-order valence-corrected chi connectivity index (χ0v) is 14.1. The number of imide groups is 1. The normalized spacial score (nSPS) is 17.2. The minimum absolute atomic E-state index is 0.145. The molecule has 0 radical (unpaired) electrons. The number of anilines is 2. The summed E-state index contributed by atoms with van der Waals surface area (Å²) in [6, 6.07) is 8.62. The Morgan fingerprint density at radius 3 is 2.69 bits per heavy atom. The molecule has 1 aromatic heterocycles. The third-order valence-corrected chi connectivity index (χ3v) is 4.55. The van der Waals surface area contributed by atoms with Crippen LogP contribution in [0.15, 0.2) is 30.3 Å². The number of hydrogen-bond donors (Lipinski definition) is 3. The summed E-state index contributed by atoms with van der Waals surface area (Å²) >= 11 is 0. The van der Waals surface area contributed by atoms with E-state index in [1.807, 2.05) is 6.07 Å². The zero-order chi connectivity index (χ0) is 18.1. The number of benzene rings is 1. The van der Waals surface area contributed by atoms with Crippen molar-refractivity contribution in [3.63, 3.8) is 0 Å². The molecule has 8 nitrogen and oxygen atoms in total. The first-order valence-electron chi connectivity index (χ1n) is 8.64. The van der Waals surface area contributed by atoms with Crippen LogP contribution in [0.5, 0.6) is 0 Å². The van der Waals surface area contributed by atoms with Crippen LogP contribution >= 0.6 is 0 Å². The van der Waals surface area contributed by atoms with Crippen LogP contribution in [0.2, 0.25) is 0 Å². The Morgan fingerprint density at radius 1 is 1.23 bits per heavy atom. The number of aromatic amines is 1. The van der Waals surface area contributed by atoms with Crippen LogP contribution in [0.1, 0.15) is 36.4 Å². The molecule has 1 aromatic carbocycles. The highest BCUT2D eigenvalue weighted by Crippen LogP contribution is 2.39. The molecule has 0 atom stereocenters. The van der Waals surface area contributed by atoms with Crippen molar-refractivity contribution in [2.24, 2.45) is 0 Å². The van der Waals surface area contributed by atoms with Gasteiger partial charge < -0.3 is 5.32 Å². The van der Waals surface area contributed by atoms with Gasteiger partial charge in [0.15, 0.2) is 5.82 Å². The second-order valence-electron chi connectivity index (χ2n) is 6.63. The number of hydrogen-bond acceptors (Lipinski definition) is 4. The fourth-order valence-electron chi connectivity index (χ4n) is 2.98. The van der Waals surface area contributed by atoms with Crippen LogP contribution in [0, 0.1) is 0 Å². The van der Waals surface area contributed by atoms with Crippen LogP contribution in [0.3, 0.4) is 0 Å². The maximum absolute atomic E-state index is 12.2. The van der Waals surface area contributed by atoms with Gasteiger partial charge in [0.1, 0.15) is 0 Å². The van der Waals surface area contributed by atoms with Crippen LogP contribution in [0.25, 0.3) is 0 Å². The number of nitrogens with zero attached hydrogens (tertiary/aromatic N) is 2. The van der Waals surface area contributed by atoms with Crippen molar-refractivity contribution in [2.45, 2.75) is 31.6 Å². The van der Waals surface area contributed by atoms with E-state index in [1.54, 1.807) is 24.3 Å². The van der Waals surface area contributed by atoms with Gasteiger partial charge in [-0.2, -0.15) is 5.10 Å². The lowest BCUT2D eigenvalue weighted by atomic mass is 10.1. The predicted molar refractivity (Wildman–Crippen MR) is 94.8 cm³/mol. The number of nitrogens with one attached hydrogen (secondary N) is 3. The van der Waals surface area contributed by atoms with Gasteiger partial charge in [0.2, 0.25) is 11.8 Å². The summed E-state index contributed by atoms with van der Waals surface area (Å²) < 4.78 is 0. The van der Waals surface area contributed by atoms with E-state index in [4.69, 9.17) is 0 Å². The molecule has 2 aliphatic rings. The minimum atomic E-state index is -0.420. The van der Waals surface area contributed by atoms with E-state index in [0.717, 1.165) is 11.3 Å². The summed E-state index contributed by atoms with van der Waals surface area (Å²) in [6.07, 6.45) is 2.84. The molecule has 2 heterocycles. The lowest BCUT2D eigenvalue weighted by Gasteiger charge is -2.26. The zero-order valence-electron chi connectivity index (χ0n) is 14.1. The summed E-state index contributed by atoms with van der Waals surface area (Å²) in [5.41, 5.74) is 2.60. The number of rotatable bonds is 5. The third-order valence-electron chi connectivity index (χ3n) is 4.55. The highest BCUT2D eigenvalue weighted by atomic mass is 16.2. The number of urea groups is 1. The molecule has 1 aliphatic heterocycles. The molecule has 4 rings (SSSR count). The molecule has 3 N–H and O–H groups in total. The van der Waals surface area contributed by atoms with Crippen molar-refractivity contribution in [3.8, 4) is 0 Å². The Morgan fingerprint density at radius 2 is 2.00 bits per heavy atom. The summed E-state index contributed by atoms with van der Waals surface area (Å²) in [6.45, 7) is 0.354. The average Bonchev–Trinajstić information content (AvgIpc) is 3.36. The third kappa shape index (κ3) is 3.58. The highest BCUT2D eigenvalue weighted by molar-refractivity contribution is 6.05. The topological polar surface area (TPSA) is 107 Å². The van der Waals surface area contributed by atoms with Crippen molar-refractivity contribution >= 4 is 29.4 Å². The molecule has 4 amide bonds. The summed E-state index contributed by atoms with van der Waals surface area (Å²) in [5, 5.41) is 12.1. The van der Waals surface area contributed by atoms with Gasteiger partial charge >= 0.3 is 6.03 Å². The number of amides is 4. The van der Waals surface area contributed by atoms with E-state index in [-0.39, 0.29) is 24.7 Å². The van der Waals surface area contributed by atoms with Crippen molar-refractivity contribution in [1.29, 1.82) is 0 Å². The van der Waals surface area contributed by atoms with Crippen LogP contribution in [-0.4, -0.2) is 34.6 Å². The van der Waals surface area contributed by atoms with Crippen molar-refractivity contribution in [1.82, 2.24) is 15.5 Å². The summed E-state index contributed by atoms with van der Waals surface area (Å²) in [7, 11) is 0. The molecule has 26 heavy (non-hydrogen) atoms. The van der Waals surface area contributed by atoms with Crippen molar-refractivity contribution < 1.29 is 14.4 Å². The van der Waals surface area contributed by atoms with Gasteiger partial charge in [-0.05, 0) is 30.5 Å². The van der Waals surface area contributed by atoms with E-state index < -0.39 is 6.03 Å². The van der Waals surface area contributed by atoms with E-state index in [0.29, 0.717) is 24.0 Å². The lowest BCUT2D eigenvalue weighted by Crippen LogP contribution is -2.49. The molecule has 0 bridgehead atoms. The molecule has 2 aromatic rings. The average molecular weight is 353 g/mol. The monoisotopic (exact) mass is 353 g/mol. The predicted octanol–water partition coefficient (Wildman–Crippen LogP) is 1.91. The molecule has 8 heteroatoms. The van der Waals surface area contributed by atoms with Crippen molar-refractivity contribution in [2.75, 3.05) is 16.8 Å². The molecule has 2 fully saturated rings. The first-order valence-corrected chi connectivity index (χ1v) is 8.64. The van der Waals surface area contributed by atoms with E-state index in [9.17, 15) is 14.4 Å². The SMILES string of the molecule is O=C1CCN(c2ccc(CC(=O)Nc3cc(C4CC4)[nH]n3)cc2)C(=O)N1. The number of carbonyl (C=O) groups is 3. The molecular formula is C18H19N5O3. The van der Waals surface area contributed by atoms with E-state index >= 15 is 0 Å². The second kappa shape index (κ2) is 6.62.